The lowest BCUT2D eigenvalue weighted by Crippen LogP contribution is -2.07. The first-order valence-electron chi connectivity index (χ1n) is 8.56. The first kappa shape index (κ1) is 18.9. The van der Waals surface area contributed by atoms with E-state index in [0.717, 1.165) is 18.4 Å². The molecule has 2 heterocycles. The number of nitrogens with zero attached hydrogens (tertiary/aromatic N) is 2. The van der Waals surface area contributed by atoms with Crippen molar-refractivity contribution >= 4 is 29.5 Å². The van der Waals surface area contributed by atoms with Crippen LogP contribution in [0.25, 0.3) is 6.08 Å². The highest BCUT2D eigenvalue weighted by atomic mass is 35.5. The van der Waals surface area contributed by atoms with E-state index in [4.69, 9.17) is 25.8 Å². The molecular weight excluding hydrogens is 368 g/mol. The van der Waals surface area contributed by atoms with Crippen LogP contribution in [0.1, 0.15) is 31.0 Å². The van der Waals surface area contributed by atoms with E-state index >= 15 is 0 Å². The lowest BCUT2D eigenvalue weighted by molar-refractivity contribution is -0.129. The van der Waals surface area contributed by atoms with Crippen LogP contribution in [-0.4, -0.2) is 30.6 Å². The number of unbranched alkanes of at least 4 members (excludes halogenated alkanes) is 1. The van der Waals surface area contributed by atoms with Gasteiger partial charge in [-0.2, -0.15) is 0 Å². The fourth-order valence-electron chi connectivity index (χ4n) is 2.42. The van der Waals surface area contributed by atoms with Gasteiger partial charge in [-0.15, -0.1) is 0 Å². The number of cyclic esters (lactones) is 1. The number of benzene rings is 1. The van der Waals surface area contributed by atoms with E-state index in [2.05, 4.69) is 16.9 Å². The van der Waals surface area contributed by atoms with Gasteiger partial charge in [0.05, 0.1) is 13.7 Å². The minimum absolute atomic E-state index is 0.127. The second kappa shape index (κ2) is 8.68. The Kier molecular flexibility index (Phi) is 6.08. The Bertz CT molecular complexity index is 909. The quantitative estimate of drug-likeness (QED) is 0.404. The number of hydrogen-bond acceptors (Lipinski definition) is 6. The molecule has 6 nitrogen and oxygen atoms in total. The largest absolute Gasteiger partial charge is 0.493 e. The Balaban J connectivity index is 1.87. The maximum Gasteiger partial charge on any atom is 0.363 e. The Morgan fingerprint density at radius 1 is 1.22 bits per heavy atom. The monoisotopic (exact) mass is 386 g/mol. The highest BCUT2D eigenvalue weighted by Crippen LogP contribution is 2.30. The van der Waals surface area contributed by atoms with Crippen molar-refractivity contribution in [2.24, 2.45) is 4.99 Å². The molecule has 0 amide bonds. The maximum absolute atomic E-state index is 12.1. The van der Waals surface area contributed by atoms with E-state index in [1.807, 2.05) is 6.07 Å². The number of esters is 1. The number of aromatic nitrogens is 1. The van der Waals surface area contributed by atoms with Crippen LogP contribution < -0.4 is 9.47 Å². The summed E-state index contributed by atoms with van der Waals surface area (Å²) in [4.78, 5) is 20.5. The van der Waals surface area contributed by atoms with Gasteiger partial charge >= 0.3 is 5.97 Å². The van der Waals surface area contributed by atoms with Crippen LogP contribution in [0.4, 0.5) is 0 Å². The van der Waals surface area contributed by atoms with Crippen molar-refractivity contribution in [3.8, 4) is 11.5 Å². The highest BCUT2D eigenvalue weighted by molar-refractivity contribution is 6.31. The Morgan fingerprint density at radius 3 is 2.81 bits per heavy atom. The first-order chi connectivity index (χ1) is 13.1. The van der Waals surface area contributed by atoms with Crippen molar-refractivity contribution < 1.29 is 19.0 Å². The van der Waals surface area contributed by atoms with Gasteiger partial charge in [-0.3, -0.25) is 4.98 Å². The molecule has 0 N–H and O–H groups in total. The molecule has 0 bridgehead atoms. The van der Waals surface area contributed by atoms with Gasteiger partial charge in [0.15, 0.2) is 17.2 Å². The summed E-state index contributed by atoms with van der Waals surface area (Å²) in [5.74, 6) is 0.833. The second-order valence-corrected chi connectivity index (χ2v) is 6.24. The van der Waals surface area contributed by atoms with E-state index < -0.39 is 5.97 Å². The fraction of sp³-hybridized carbons (Fsp3) is 0.250. The molecule has 0 radical (unpaired) electrons. The van der Waals surface area contributed by atoms with Crippen molar-refractivity contribution in [2.45, 2.75) is 19.8 Å². The molecule has 140 valence electrons. The zero-order chi connectivity index (χ0) is 19.2. The predicted octanol–water partition coefficient (Wildman–Crippen LogP) is 4.27. The number of carbonyl (C=O) groups excluding carboxylic acids is 1. The summed E-state index contributed by atoms with van der Waals surface area (Å²) in [5.41, 5.74) is 1.33. The first-order valence-corrected chi connectivity index (χ1v) is 8.94. The summed E-state index contributed by atoms with van der Waals surface area (Å²) in [5, 5.41) is 0.486. The Labute approximate surface area is 162 Å². The number of pyridine rings is 1. The van der Waals surface area contributed by atoms with Gasteiger partial charge in [-0.25, -0.2) is 9.79 Å². The normalized spacial score (nSPS) is 14.9. The molecule has 0 aliphatic carbocycles. The summed E-state index contributed by atoms with van der Waals surface area (Å²) in [7, 11) is 1.59. The van der Waals surface area contributed by atoms with Crippen LogP contribution in [0.2, 0.25) is 5.02 Å². The average molecular weight is 387 g/mol. The van der Waals surface area contributed by atoms with E-state index in [9.17, 15) is 4.79 Å². The third-order valence-corrected chi connectivity index (χ3v) is 4.04. The van der Waals surface area contributed by atoms with Gasteiger partial charge in [0.1, 0.15) is 5.69 Å². The summed E-state index contributed by atoms with van der Waals surface area (Å²) in [6.45, 7) is 2.69. The van der Waals surface area contributed by atoms with Crippen LogP contribution in [-0.2, 0) is 9.53 Å². The van der Waals surface area contributed by atoms with Crippen LogP contribution >= 0.6 is 11.6 Å². The number of aliphatic imine (C=N–C) groups is 1. The van der Waals surface area contributed by atoms with Crippen molar-refractivity contribution in [1.82, 2.24) is 4.98 Å². The number of methoxy groups -OCH3 is 1. The lowest BCUT2D eigenvalue weighted by atomic mass is 10.1. The lowest BCUT2D eigenvalue weighted by Gasteiger charge is -2.11. The fourth-order valence-corrected chi connectivity index (χ4v) is 2.58. The van der Waals surface area contributed by atoms with Crippen molar-refractivity contribution in [1.29, 1.82) is 0 Å². The Morgan fingerprint density at radius 2 is 2.07 bits per heavy atom. The third-order valence-electron chi connectivity index (χ3n) is 3.81. The molecule has 0 saturated carbocycles. The summed E-state index contributed by atoms with van der Waals surface area (Å²) >= 11 is 5.95. The number of carbonyl (C=O) groups is 1. The molecule has 27 heavy (non-hydrogen) atoms. The van der Waals surface area contributed by atoms with Crippen molar-refractivity contribution in [2.75, 3.05) is 13.7 Å². The minimum Gasteiger partial charge on any atom is -0.493 e. The van der Waals surface area contributed by atoms with Gasteiger partial charge in [0, 0.05) is 11.2 Å². The molecule has 2 aromatic rings. The van der Waals surface area contributed by atoms with E-state index in [1.54, 1.807) is 37.5 Å². The van der Waals surface area contributed by atoms with E-state index in [1.165, 1.54) is 6.20 Å². The molecule has 3 rings (SSSR count). The molecule has 1 aliphatic heterocycles. The van der Waals surface area contributed by atoms with Gasteiger partial charge < -0.3 is 14.2 Å². The summed E-state index contributed by atoms with van der Waals surface area (Å²) in [6, 6.07) is 8.63. The molecule has 7 heteroatoms. The van der Waals surface area contributed by atoms with E-state index in [0.29, 0.717) is 28.8 Å². The topological polar surface area (TPSA) is 70.0 Å². The molecule has 0 fully saturated rings. The molecular formula is C20H19ClN2O4. The van der Waals surface area contributed by atoms with Crippen LogP contribution in [0.5, 0.6) is 11.5 Å². The van der Waals surface area contributed by atoms with E-state index in [-0.39, 0.29) is 11.6 Å². The van der Waals surface area contributed by atoms with Gasteiger partial charge in [-0.1, -0.05) is 31.0 Å². The minimum atomic E-state index is -0.545. The van der Waals surface area contributed by atoms with Crippen LogP contribution in [0.3, 0.4) is 0 Å². The molecule has 0 atom stereocenters. The molecule has 1 aliphatic rings. The molecule has 0 spiro atoms. The number of halogens is 1. The average Bonchev–Trinajstić information content (AvgIpc) is 3.03. The van der Waals surface area contributed by atoms with Gasteiger partial charge in [-0.05, 0) is 42.3 Å². The SMILES string of the molecule is CCCCOc1cc(/C=C2\N=C(c3cc(Cl)ccn3)OC2=O)ccc1OC. The number of hydrogen-bond donors (Lipinski definition) is 0. The molecule has 0 unspecified atom stereocenters. The zero-order valence-corrected chi connectivity index (χ0v) is 15.8. The number of ether oxygens (including phenoxy) is 3. The third kappa shape index (κ3) is 4.65. The predicted molar refractivity (Wildman–Crippen MR) is 103 cm³/mol. The van der Waals surface area contributed by atoms with Crippen molar-refractivity contribution in [3.05, 3.63) is 58.5 Å². The van der Waals surface area contributed by atoms with Crippen LogP contribution in [0.15, 0.2) is 47.2 Å². The Hall–Kier alpha value is -2.86. The molecule has 1 aromatic carbocycles. The second-order valence-electron chi connectivity index (χ2n) is 5.81. The summed E-state index contributed by atoms with van der Waals surface area (Å²) < 4.78 is 16.3. The maximum atomic E-state index is 12.1. The standard InChI is InChI=1S/C20H19ClN2O4/c1-3-4-9-26-18-11-13(5-6-17(18)25-2)10-16-20(24)27-19(23-16)15-12-14(21)7-8-22-15/h5-8,10-12H,3-4,9H2,1-2H3/b16-10-. The highest BCUT2D eigenvalue weighted by Gasteiger charge is 2.25. The summed E-state index contributed by atoms with van der Waals surface area (Å²) in [6.07, 6.45) is 5.14. The molecule has 1 aromatic heterocycles. The van der Waals surface area contributed by atoms with Crippen molar-refractivity contribution in [3.63, 3.8) is 0 Å². The van der Waals surface area contributed by atoms with Crippen LogP contribution in [0, 0.1) is 0 Å². The molecule has 0 saturated heterocycles. The number of rotatable bonds is 7. The van der Waals surface area contributed by atoms with Gasteiger partial charge in [0.2, 0.25) is 5.90 Å². The zero-order valence-electron chi connectivity index (χ0n) is 15.1. The smallest absolute Gasteiger partial charge is 0.363 e. The van der Waals surface area contributed by atoms with Gasteiger partial charge in [0.25, 0.3) is 0 Å².